The number of carboxylic acids is 1. The van der Waals surface area contributed by atoms with Gasteiger partial charge in [-0.25, -0.2) is 19.6 Å². The van der Waals surface area contributed by atoms with Crippen LogP contribution in [0.2, 0.25) is 5.02 Å². The van der Waals surface area contributed by atoms with Gasteiger partial charge in [0.2, 0.25) is 11.8 Å². The number of aromatic nitrogens is 2. The third kappa shape index (κ3) is 9.87. The van der Waals surface area contributed by atoms with Gasteiger partial charge in [0.05, 0.1) is 17.8 Å². The van der Waals surface area contributed by atoms with Crippen molar-refractivity contribution in [2.75, 3.05) is 38.1 Å². The highest BCUT2D eigenvalue weighted by atomic mass is 35.5. The molecule has 63 heavy (non-hydrogen) atoms. The molecule has 4 N–H and O–H groups in total. The number of pyridine rings is 1. The van der Waals surface area contributed by atoms with Gasteiger partial charge >= 0.3 is 12.1 Å². The normalized spacial score (nSPS) is 27.1. The standard InChI is InChI=1S/C46H60ClN7O8S/c1-7-28-22-46(28,42(57)58)52-40(55)34-20-30(23-54(34)41(56)39(45(4,5)6)51-44(59)62-29-18-26-17-27(26)19-29)61-36-21-32(33-24-63-43(50-33)48-25(2)3)49-38-31(36)11-12-35(37(38)47)60-16-15-53-13-9-8-10-14-53/h7,11-12,21,24-30,34,39H,1,8-10,13-20,22-23H2,2-6H3,(H,48,50)(H,51,59)(H,52,55)(H,57,58)/t26-,27+,28-,29+,30-,34+,39-,46?/m1/s1. The third-order valence-electron chi connectivity index (χ3n) is 13.2. The Morgan fingerprint density at radius 3 is 2.44 bits per heavy atom. The summed E-state index contributed by atoms with van der Waals surface area (Å²) in [6.45, 7) is 16.6. The summed E-state index contributed by atoms with van der Waals surface area (Å²) in [5, 5.41) is 22.7. The highest BCUT2D eigenvalue weighted by Gasteiger charge is 2.61. The summed E-state index contributed by atoms with van der Waals surface area (Å²) in [6, 6.07) is 3.38. The minimum absolute atomic E-state index is 0.0297. The van der Waals surface area contributed by atoms with E-state index in [-0.39, 0.29) is 31.5 Å². The summed E-state index contributed by atoms with van der Waals surface area (Å²) in [6.07, 6.45) is 6.51. The number of nitrogens with zero attached hydrogens (tertiary/aromatic N) is 4. The van der Waals surface area contributed by atoms with Crippen molar-refractivity contribution in [3.8, 4) is 22.9 Å². The van der Waals surface area contributed by atoms with Gasteiger partial charge in [-0.15, -0.1) is 17.9 Å². The van der Waals surface area contributed by atoms with E-state index >= 15 is 0 Å². The molecule has 2 aromatic heterocycles. The second-order valence-electron chi connectivity index (χ2n) is 19.4. The number of amides is 3. The molecular formula is C46H60ClN7O8S. The van der Waals surface area contributed by atoms with Gasteiger partial charge in [-0.2, -0.15) is 0 Å². The summed E-state index contributed by atoms with van der Waals surface area (Å²) < 4.78 is 18.8. The van der Waals surface area contributed by atoms with E-state index < -0.39 is 58.9 Å². The van der Waals surface area contributed by atoms with Crippen molar-refractivity contribution in [1.82, 2.24) is 30.4 Å². The molecule has 3 amide bonds. The average Bonchev–Trinajstić information content (AvgIpc) is 3.91. The van der Waals surface area contributed by atoms with Crippen LogP contribution in [0.25, 0.3) is 22.3 Å². The Balaban J connectivity index is 1.09. The molecular weight excluding hydrogens is 846 g/mol. The van der Waals surface area contributed by atoms with Crippen molar-refractivity contribution < 1.29 is 38.5 Å². The molecule has 0 radical (unpaired) electrons. The van der Waals surface area contributed by atoms with E-state index in [0.29, 0.717) is 57.3 Å². The molecule has 17 heteroatoms. The maximum Gasteiger partial charge on any atom is 0.408 e. The molecule has 0 bridgehead atoms. The Kier molecular flexibility index (Phi) is 12.9. The molecule has 0 spiro atoms. The van der Waals surface area contributed by atoms with Gasteiger partial charge in [0.1, 0.15) is 58.7 Å². The van der Waals surface area contributed by atoms with E-state index in [1.807, 2.05) is 46.1 Å². The van der Waals surface area contributed by atoms with Gasteiger partial charge in [-0.3, -0.25) is 14.5 Å². The first kappa shape index (κ1) is 44.9. The van der Waals surface area contributed by atoms with Crippen molar-refractivity contribution in [3.63, 3.8) is 0 Å². The molecule has 1 unspecified atom stereocenters. The minimum Gasteiger partial charge on any atom is -0.491 e. The molecule has 2 aliphatic heterocycles. The lowest BCUT2D eigenvalue weighted by Crippen LogP contribution is -2.59. The Morgan fingerprint density at radius 2 is 1.78 bits per heavy atom. The molecule has 8 rings (SSSR count). The molecule has 1 aromatic carbocycles. The summed E-state index contributed by atoms with van der Waals surface area (Å²) in [5.41, 5.74) is -0.784. The number of carbonyl (C=O) groups is 4. The molecule has 2 saturated heterocycles. The number of carboxylic acid groups (broad SMARTS) is 1. The number of rotatable bonds is 16. The second kappa shape index (κ2) is 18.1. The average molecular weight is 907 g/mol. The minimum atomic E-state index is -1.53. The topological polar surface area (TPSA) is 185 Å². The zero-order valence-electron chi connectivity index (χ0n) is 36.8. The first-order valence-electron chi connectivity index (χ1n) is 22.4. The molecule has 8 atom stereocenters. The molecule has 15 nitrogen and oxygen atoms in total. The molecule has 3 aliphatic carbocycles. The number of likely N-dealkylation sites (tertiary alicyclic amines) is 2. The summed E-state index contributed by atoms with van der Waals surface area (Å²) in [7, 11) is 0. The number of hydrogen-bond donors (Lipinski definition) is 4. The third-order valence-corrected chi connectivity index (χ3v) is 14.3. The van der Waals surface area contributed by atoms with Gasteiger partial charge in [0.15, 0.2) is 5.13 Å². The fourth-order valence-corrected chi connectivity index (χ4v) is 10.6. The van der Waals surface area contributed by atoms with Crippen molar-refractivity contribution >= 4 is 62.8 Å². The van der Waals surface area contributed by atoms with E-state index in [0.717, 1.165) is 37.6 Å². The quantitative estimate of drug-likeness (QED) is 0.107. The first-order chi connectivity index (χ1) is 30.0. The lowest BCUT2D eigenvalue weighted by molar-refractivity contribution is -0.146. The lowest BCUT2D eigenvalue weighted by Gasteiger charge is -2.35. The molecule has 5 fully saturated rings. The number of piperidine rings is 1. The van der Waals surface area contributed by atoms with Crippen molar-refractivity contribution in [3.05, 3.63) is 41.3 Å². The summed E-state index contributed by atoms with van der Waals surface area (Å²) in [4.78, 5) is 68.5. The van der Waals surface area contributed by atoms with E-state index in [9.17, 15) is 24.3 Å². The van der Waals surface area contributed by atoms with Gasteiger partial charge < -0.3 is 40.2 Å². The van der Waals surface area contributed by atoms with Crippen LogP contribution in [0.5, 0.6) is 11.5 Å². The van der Waals surface area contributed by atoms with E-state index in [4.69, 9.17) is 35.8 Å². The summed E-state index contributed by atoms with van der Waals surface area (Å²) >= 11 is 8.57. The van der Waals surface area contributed by atoms with Gasteiger partial charge in [-0.05, 0) is 94.8 Å². The highest BCUT2D eigenvalue weighted by molar-refractivity contribution is 7.14. The number of ether oxygens (including phenoxy) is 3. The molecule has 340 valence electrons. The number of halogens is 1. The van der Waals surface area contributed by atoms with E-state index in [1.165, 1.54) is 48.0 Å². The van der Waals surface area contributed by atoms with E-state index in [1.54, 1.807) is 12.1 Å². The van der Waals surface area contributed by atoms with Gasteiger partial charge in [0, 0.05) is 41.8 Å². The van der Waals surface area contributed by atoms with Crippen LogP contribution in [0.3, 0.4) is 0 Å². The molecule has 5 aliphatic rings. The number of alkyl carbamates (subject to hydrolysis) is 1. The predicted octanol–water partition coefficient (Wildman–Crippen LogP) is 7.13. The van der Waals surface area contributed by atoms with Crippen LogP contribution in [0.4, 0.5) is 9.93 Å². The number of hydrogen-bond acceptors (Lipinski definition) is 12. The number of nitrogens with one attached hydrogen (secondary N) is 3. The zero-order valence-corrected chi connectivity index (χ0v) is 38.4. The Morgan fingerprint density at radius 1 is 1.03 bits per heavy atom. The fourth-order valence-electron chi connectivity index (χ4n) is 9.47. The fraction of sp³-hybridized carbons (Fsp3) is 0.609. The van der Waals surface area contributed by atoms with Crippen LogP contribution in [0.1, 0.15) is 86.0 Å². The number of anilines is 1. The molecule has 4 heterocycles. The van der Waals surface area contributed by atoms with Crippen molar-refractivity contribution in [1.29, 1.82) is 0 Å². The van der Waals surface area contributed by atoms with Crippen LogP contribution < -0.4 is 25.4 Å². The molecule has 3 aromatic rings. The predicted molar refractivity (Wildman–Crippen MR) is 241 cm³/mol. The Hall–Kier alpha value is -4.67. The second-order valence-corrected chi connectivity index (χ2v) is 20.6. The number of aliphatic carboxylic acids is 1. The first-order valence-corrected chi connectivity index (χ1v) is 23.6. The van der Waals surface area contributed by atoms with Crippen molar-refractivity contribution in [2.24, 2.45) is 23.2 Å². The highest BCUT2D eigenvalue weighted by Crippen LogP contribution is 2.52. The van der Waals surface area contributed by atoms with Crippen LogP contribution in [-0.2, 0) is 19.1 Å². The smallest absolute Gasteiger partial charge is 0.408 e. The van der Waals surface area contributed by atoms with E-state index in [2.05, 4.69) is 27.4 Å². The Bertz CT molecular complexity index is 2230. The number of carbonyl (C=O) groups excluding carboxylic acids is 3. The Labute approximate surface area is 377 Å². The van der Waals surface area contributed by atoms with Crippen LogP contribution >= 0.6 is 22.9 Å². The zero-order chi connectivity index (χ0) is 44.8. The van der Waals surface area contributed by atoms with Crippen LogP contribution in [0, 0.1) is 23.2 Å². The van der Waals surface area contributed by atoms with Gasteiger partial charge in [0.25, 0.3) is 0 Å². The summed E-state index contributed by atoms with van der Waals surface area (Å²) in [5.74, 6) is -0.708. The van der Waals surface area contributed by atoms with Crippen LogP contribution in [-0.4, -0.2) is 117 Å². The molecule has 3 saturated carbocycles. The number of benzene rings is 1. The van der Waals surface area contributed by atoms with Gasteiger partial charge in [-0.1, -0.05) is 44.9 Å². The maximum atomic E-state index is 14.8. The SMILES string of the molecule is C=C[C@@H]1CC1(NC(=O)[C@@H]1C[C@@H](Oc2cc(-c3csc(NC(C)C)n3)nc3c(Cl)c(OCCN4CCCCC4)ccc23)CN1C(=O)[C@@H](NC(=O)O[C@@H]1C[C@@H]2C[C@@H]2C1)C(C)(C)C)C(=O)O. The number of thiazole rings is 1. The lowest BCUT2D eigenvalue weighted by atomic mass is 9.85. The maximum absolute atomic E-state index is 14.8. The van der Waals surface area contributed by atoms with Crippen LogP contribution in [0.15, 0.2) is 36.2 Å². The monoisotopic (exact) mass is 905 g/mol. The van der Waals surface area contributed by atoms with Crippen molar-refractivity contribution in [2.45, 2.75) is 122 Å². The largest absolute Gasteiger partial charge is 0.491 e. The number of fused-ring (bicyclic) bond motifs is 2.